The standard InChI is InChI=1S/C10H11F3O4S/c1-18(15,16)17-6-9(14)7-2-4-8(5-3-7)10(11,12)13/h2-5,9,14H,6H2,1H3/t9-/m1/s1. The van der Waals surface area contributed by atoms with Crippen LogP contribution in [0.4, 0.5) is 13.2 Å². The molecule has 1 aromatic rings. The van der Waals surface area contributed by atoms with Crippen molar-refractivity contribution >= 4 is 10.1 Å². The Morgan fingerprint density at radius 1 is 1.28 bits per heavy atom. The molecule has 1 atom stereocenters. The minimum absolute atomic E-state index is 0.145. The molecule has 0 radical (unpaired) electrons. The first-order valence-electron chi connectivity index (χ1n) is 4.79. The summed E-state index contributed by atoms with van der Waals surface area (Å²) < 4.78 is 62.5. The number of alkyl halides is 3. The number of aliphatic hydroxyl groups excluding tert-OH is 1. The molecule has 0 aliphatic heterocycles. The fourth-order valence-corrected chi connectivity index (χ4v) is 1.55. The van der Waals surface area contributed by atoms with Crippen LogP contribution in [0.3, 0.4) is 0 Å². The SMILES string of the molecule is CS(=O)(=O)OC[C@@H](O)c1ccc(C(F)(F)F)cc1. The van der Waals surface area contributed by atoms with Crippen LogP contribution in [0.15, 0.2) is 24.3 Å². The summed E-state index contributed by atoms with van der Waals surface area (Å²) in [5, 5.41) is 9.51. The van der Waals surface area contributed by atoms with E-state index in [1.165, 1.54) is 0 Å². The molecule has 18 heavy (non-hydrogen) atoms. The molecule has 0 aliphatic carbocycles. The van der Waals surface area contributed by atoms with E-state index in [2.05, 4.69) is 4.18 Å². The number of aliphatic hydroxyl groups is 1. The Balaban J connectivity index is 2.74. The van der Waals surface area contributed by atoms with Crippen LogP contribution in [0.5, 0.6) is 0 Å². The van der Waals surface area contributed by atoms with Gasteiger partial charge in [-0.25, -0.2) is 0 Å². The van der Waals surface area contributed by atoms with E-state index in [4.69, 9.17) is 0 Å². The number of rotatable bonds is 4. The number of hydrogen-bond donors (Lipinski definition) is 1. The molecule has 0 heterocycles. The van der Waals surface area contributed by atoms with Gasteiger partial charge < -0.3 is 5.11 Å². The van der Waals surface area contributed by atoms with Crippen LogP contribution in [0, 0.1) is 0 Å². The molecule has 0 saturated heterocycles. The lowest BCUT2D eigenvalue weighted by atomic mass is 10.1. The summed E-state index contributed by atoms with van der Waals surface area (Å²) >= 11 is 0. The summed E-state index contributed by atoms with van der Waals surface area (Å²) in [5.41, 5.74) is -0.700. The highest BCUT2D eigenvalue weighted by atomic mass is 32.2. The molecule has 0 fully saturated rings. The fourth-order valence-electron chi connectivity index (χ4n) is 1.18. The summed E-state index contributed by atoms with van der Waals surface area (Å²) in [6.07, 6.45) is -4.94. The Labute approximate surface area is 102 Å². The van der Waals surface area contributed by atoms with Crippen LogP contribution in [0.25, 0.3) is 0 Å². The molecular formula is C10H11F3O4S. The summed E-state index contributed by atoms with van der Waals surface area (Å²) in [7, 11) is -3.70. The molecule has 1 aromatic carbocycles. The van der Waals surface area contributed by atoms with Gasteiger partial charge in [0, 0.05) is 0 Å². The van der Waals surface area contributed by atoms with Crippen molar-refractivity contribution < 1.29 is 30.9 Å². The molecule has 102 valence electrons. The van der Waals surface area contributed by atoms with Crippen LogP contribution in [0.2, 0.25) is 0 Å². The highest BCUT2D eigenvalue weighted by Gasteiger charge is 2.30. The van der Waals surface area contributed by atoms with Crippen LogP contribution < -0.4 is 0 Å². The van der Waals surface area contributed by atoms with Gasteiger partial charge in [0.25, 0.3) is 10.1 Å². The van der Waals surface area contributed by atoms with E-state index in [-0.39, 0.29) is 5.56 Å². The monoisotopic (exact) mass is 284 g/mol. The minimum atomic E-state index is -4.45. The van der Waals surface area contributed by atoms with E-state index in [9.17, 15) is 26.7 Å². The Morgan fingerprint density at radius 2 is 1.78 bits per heavy atom. The Kier molecular flexibility index (Phi) is 4.36. The first kappa shape index (κ1) is 14.9. The average molecular weight is 284 g/mol. The zero-order valence-electron chi connectivity index (χ0n) is 9.31. The molecule has 0 bridgehead atoms. The smallest absolute Gasteiger partial charge is 0.386 e. The zero-order chi connectivity index (χ0) is 14.0. The first-order chi connectivity index (χ1) is 8.09. The van der Waals surface area contributed by atoms with Gasteiger partial charge in [0.2, 0.25) is 0 Å². The van der Waals surface area contributed by atoms with E-state index < -0.39 is 34.6 Å². The van der Waals surface area contributed by atoms with Crippen LogP contribution in [0.1, 0.15) is 17.2 Å². The number of halogens is 3. The van der Waals surface area contributed by atoms with Crippen LogP contribution >= 0.6 is 0 Å². The molecule has 0 aliphatic rings. The Morgan fingerprint density at radius 3 is 2.17 bits per heavy atom. The van der Waals surface area contributed by atoms with Gasteiger partial charge >= 0.3 is 6.18 Å². The molecule has 4 nitrogen and oxygen atoms in total. The minimum Gasteiger partial charge on any atom is -0.386 e. The van der Waals surface area contributed by atoms with Crippen LogP contribution in [-0.2, 0) is 20.5 Å². The number of hydrogen-bond acceptors (Lipinski definition) is 4. The van der Waals surface area contributed by atoms with Crippen molar-refractivity contribution in [1.82, 2.24) is 0 Å². The maximum Gasteiger partial charge on any atom is 0.416 e. The predicted octanol–water partition coefficient (Wildman–Crippen LogP) is 1.72. The maximum absolute atomic E-state index is 12.3. The molecule has 1 N–H and O–H groups in total. The second-order valence-electron chi connectivity index (χ2n) is 3.62. The van der Waals surface area contributed by atoms with E-state index in [0.29, 0.717) is 0 Å². The van der Waals surface area contributed by atoms with Crippen molar-refractivity contribution in [2.75, 3.05) is 12.9 Å². The van der Waals surface area contributed by atoms with Gasteiger partial charge in [-0.3, -0.25) is 4.18 Å². The lowest BCUT2D eigenvalue weighted by Crippen LogP contribution is -2.12. The van der Waals surface area contributed by atoms with Crippen molar-refractivity contribution in [2.24, 2.45) is 0 Å². The van der Waals surface area contributed by atoms with E-state index in [1.54, 1.807) is 0 Å². The third-order valence-electron chi connectivity index (χ3n) is 2.06. The van der Waals surface area contributed by atoms with Gasteiger partial charge in [0.15, 0.2) is 0 Å². The summed E-state index contributed by atoms with van der Waals surface area (Å²) in [6, 6.07) is 3.75. The molecular weight excluding hydrogens is 273 g/mol. The summed E-state index contributed by atoms with van der Waals surface area (Å²) in [6.45, 7) is -0.538. The van der Waals surface area contributed by atoms with Gasteiger partial charge in [-0.05, 0) is 17.7 Å². The quantitative estimate of drug-likeness (QED) is 0.855. The highest BCUT2D eigenvalue weighted by Crippen LogP contribution is 2.29. The maximum atomic E-state index is 12.3. The van der Waals surface area contributed by atoms with Crippen molar-refractivity contribution in [2.45, 2.75) is 12.3 Å². The third-order valence-corrected chi connectivity index (χ3v) is 2.63. The van der Waals surface area contributed by atoms with Gasteiger partial charge in [0.1, 0.15) is 6.10 Å². The molecule has 0 aromatic heterocycles. The van der Waals surface area contributed by atoms with Crippen molar-refractivity contribution in [3.05, 3.63) is 35.4 Å². The van der Waals surface area contributed by atoms with Gasteiger partial charge in [0.05, 0.1) is 18.4 Å². The zero-order valence-corrected chi connectivity index (χ0v) is 10.1. The topological polar surface area (TPSA) is 63.6 Å². The van der Waals surface area contributed by atoms with Gasteiger partial charge in [-0.15, -0.1) is 0 Å². The number of benzene rings is 1. The molecule has 0 unspecified atom stereocenters. The van der Waals surface area contributed by atoms with E-state index in [0.717, 1.165) is 30.5 Å². The summed E-state index contributed by atoms with van der Waals surface area (Å²) in [4.78, 5) is 0. The highest BCUT2D eigenvalue weighted by molar-refractivity contribution is 7.85. The average Bonchev–Trinajstić information content (AvgIpc) is 2.24. The fraction of sp³-hybridized carbons (Fsp3) is 0.400. The first-order valence-corrected chi connectivity index (χ1v) is 6.61. The Hall–Kier alpha value is -1.12. The van der Waals surface area contributed by atoms with Crippen molar-refractivity contribution in [3.8, 4) is 0 Å². The van der Waals surface area contributed by atoms with Gasteiger partial charge in [-0.2, -0.15) is 21.6 Å². The normalized spacial score (nSPS) is 14.5. The molecule has 0 saturated carbocycles. The molecule has 0 spiro atoms. The van der Waals surface area contributed by atoms with Gasteiger partial charge in [-0.1, -0.05) is 12.1 Å². The Bertz CT molecular complexity index is 493. The van der Waals surface area contributed by atoms with Crippen molar-refractivity contribution in [3.63, 3.8) is 0 Å². The van der Waals surface area contributed by atoms with Crippen LogP contribution in [-0.4, -0.2) is 26.4 Å². The molecule has 0 amide bonds. The molecule has 1 rings (SSSR count). The second kappa shape index (κ2) is 5.25. The predicted molar refractivity (Wildman–Crippen MR) is 57.2 cm³/mol. The lowest BCUT2D eigenvalue weighted by Gasteiger charge is -2.12. The second-order valence-corrected chi connectivity index (χ2v) is 5.27. The molecule has 8 heteroatoms. The third kappa shape index (κ3) is 4.63. The largest absolute Gasteiger partial charge is 0.416 e. The summed E-state index contributed by atoms with van der Waals surface area (Å²) in [5.74, 6) is 0. The van der Waals surface area contributed by atoms with E-state index in [1.807, 2.05) is 0 Å². The van der Waals surface area contributed by atoms with E-state index >= 15 is 0 Å². The lowest BCUT2D eigenvalue weighted by molar-refractivity contribution is -0.137. The van der Waals surface area contributed by atoms with Crippen molar-refractivity contribution in [1.29, 1.82) is 0 Å².